The lowest BCUT2D eigenvalue weighted by Crippen LogP contribution is -2.09. The monoisotopic (exact) mass is 264 g/mol. The molecule has 0 saturated carbocycles. The van der Waals surface area contributed by atoms with Gasteiger partial charge in [-0.05, 0) is 6.42 Å². The molecular weight excluding hydrogens is 246 g/mol. The fourth-order valence-electron chi connectivity index (χ4n) is 1.95. The minimum Gasteiger partial charge on any atom is -0.285 e. The molecular formula is C18H18NO+. The topological polar surface area (TPSA) is 21.4 Å². The Kier molecular flexibility index (Phi) is 5.08. The van der Waals surface area contributed by atoms with Crippen molar-refractivity contribution in [1.82, 2.24) is 0 Å². The lowest BCUT2D eigenvalue weighted by Gasteiger charge is -2.01. The van der Waals surface area contributed by atoms with Crippen LogP contribution in [0.25, 0.3) is 4.85 Å². The minimum atomic E-state index is -0.495. The highest BCUT2D eigenvalue weighted by molar-refractivity contribution is 6.01. The molecule has 2 aromatic rings. The lowest BCUT2D eigenvalue weighted by atomic mass is 9.98. The van der Waals surface area contributed by atoms with Crippen LogP contribution in [-0.4, -0.2) is 5.78 Å². The molecule has 20 heavy (non-hydrogen) atoms. The van der Waals surface area contributed by atoms with Gasteiger partial charge in [-0.25, -0.2) is 0 Å². The highest BCUT2D eigenvalue weighted by Crippen LogP contribution is 2.22. The predicted octanol–water partition coefficient (Wildman–Crippen LogP) is 4.74. The summed E-state index contributed by atoms with van der Waals surface area (Å²) < 4.78 is 0. The van der Waals surface area contributed by atoms with E-state index in [1.807, 2.05) is 60.7 Å². The van der Waals surface area contributed by atoms with E-state index in [0.29, 0.717) is 5.56 Å². The highest BCUT2D eigenvalue weighted by atomic mass is 16.1. The number of hydrogen-bond donors (Lipinski definition) is 0. The molecule has 2 rings (SSSR count). The molecule has 0 saturated heterocycles. The van der Waals surface area contributed by atoms with Gasteiger partial charge in [0.1, 0.15) is 0 Å². The molecule has 0 amide bonds. The van der Waals surface area contributed by atoms with E-state index in [-0.39, 0.29) is 5.78 Å². The first kappa shape index (κ1) is 14.0. The molecule has 0 fully saturated rings. The first-order valence-corrected chi connectivity index (χ1v) is 6.90. The number of benzene rings is 2. The van der Waals surface area contributed by atoms with E-state index >= 15 is 0 Å². The van der Waals surface area contributed by atoms with E-state index < -0.39 is 6.04 Å². The van der Waals surface area contributed by atoms with E-state index in [4.69, 9.17) is 0 Å². The Hall–Kier alpha value is -2.40. The molecule has 100 valence electrons. The van der Waals surface area contributed by atoms with Crippen LogP contribution < -0.4 is 0 Å². The Morgan fingerprint density at radius 3 is 2.25 bits per heavy atom. The molecule has 1 atom stereocenters. The van der Waals surface area contributed by atoms with Crippen molar-refractivity contribution in [3.63, 3.8) is 0 Å². The van der Waals surface area contributed by atoms with Gasteiger partial charge in [0, 0.05) is 11.1 Å². The third-order valence-electron chi connectivity index (χ3n) is 3.00. The number of unbranched alkanes of at least 4 members (excludes halogenated alkanes) is 1. The number of rotatable bonds is 4. The van der Waals surface area contributed by atoms with Crippen LogP contribution in [0.15, 0.2) is 60.7 Å². The fourth-order valence-corrected chi connectivity index (χ4v) is 1.95. The molecule has 2 aromatic carbocycles. The number of carbonyl (C=O) groups is 1. The van der Waals surface area contributed by atoms with Gasteiger partial charge in [0.2, 0.25) is 0 Å². The maximum atomic E-state index is 12.6. The van der Waals surface area contributed by atoms with Gasteiger partial charge in [-0.1, -0.05) is 72.4 Å². The molecule has 0 aliphatic carbocycles. The summed E-state index contributed by atoms with van der Waals surface area (Å²) in [6.07, 6.45) is 1.75. The predicted molar refractivity (Wildman–Crippen MR) is 82.1 cm³/mol. The molecule has 0 spiro atoms. The number of Topliss-reactive ketones (excluding diaryl/α,β-unsaturated/α-hetero) is 1. The van der Waals surface area contributed by atoms with Crippen molar-refractivity contribution in [3.8, 4) is 6.07 Å². The lowest BCUT2D eigenvalue weighted by molar-refractivity contribution is 0.0975. The number of nitrogens with zero attached hydrogens (tertiary/aromatic N) is 1. The van der Waals surface area contributed by atoms with Crippen molar-refractivity contribution in [2.45, 2.75) is 25.8 Å². The second kappa shape index (κ2) is 7.25. The standard InChI is InChI=1S/C18H18NO/c1-2-3-14-19-17(15-10-6-4-7-11-15)18(20)16-12-8-5-9-13-16/h4-13,17H,2-3H2,1H3/q+1. The van der Waals surface area contributed by atoms with Crippen molar-refractivity contribution >= 4 is 5.78 Å². The minimum absolute atomic E-state index is 0.0143. The Morgan fingerprint density at radius 2 is 1.65 bits per heavy atom. The van der Waals surface area contributed by atoms with Crippen molar-refractivity contribution in [1.29, 1.82) is 0 Å². The number of ketones is 1. The van der Waals surface area contributed by atoms with Gasteiger partial charge < -0.3 is 0 Å². The molecule has 2 nitrogen and oxygen atoms in total. The van der Waals surface area contributed by atoms with Crippen molar-refractivity contribution in [2.24, 2.45) is 0 Å². The second-order valence-electron chi connectivity index (χ2n) is 4.58. The fraction of sp³-hybridized carbons (Fsp3) is 0.222. The zero-order valence-electron chi connectivity index (χ0n) is 11.6. The van der Waals surface area contributed by atoms with Gasteiger partial charge in [-0.2, -0.15) is 0 Å². The molecule has 0 aromatic heterocycles. The summed E-state index contributed by atoms with van der Waals surface area (Å²) in [6, 6.07) is 21.4. The van der Waals surface area contributed by atoms with Gasteiger partial charge in [-0.3, -0.25) is 4.79 Å². The molecule has 0 bridgehead atoms. The van der Waals surface area contributed by atoms with Gasteiger partial charge in [0.25, 0.3) is 11.9 Å². The molecule has 0 N–H and O–H groups in total. The third-order valence-corrected chi connectivity index (χ3v) is 3.00. The average molecular weight is 264 g/mol. The van der Waals surface area contributed by atoms with Crippen LogP contribution in [0.2, 0.25) is 0 Å². The maximum absolute atomic E-state index is 12.6. The van der Waals surface area contributed by atoms with Crippen molar-refractivity contribution in [3.05, 3.63) is 76.6 Å². The molecule has 1 unspecified atom stereocenters. The van der Waals surface area contributed by atoms with Crippen LogP contribution in [-0.2, 0) is 0 Å². The van der Waals surface area contributed by atoms with Crippen LogP contribution in [0.5, 0.6) is 0 Å². The van der Waals surface area contributed by atoms with Crippen LogP contribution in [0.1, 0.15) is 41.7 Å². The quantitative estimate of drug-likeness (QED) is 0.731. The summed E-state index contributed by atoms with van der Waals surface area (Å²) in [5, 5.41) is 0. The summed E-state index contributed by atoms with van der Waals surface area (Å²) in [5.74, 6) is 0.0143. The van der Waals surface area contributed by atoms with E-state index in [0.717, 1.165) is 18.4 Å². The van der Waals surface area contributed by atoms with E-state index in [2.05, 4.69) is 17.8 Å². The van der Waals surface area contributed by atoms with E-state index in [1.165, 1.54) is 0 Å². The first-order valence-electron chi connectivity index (χ1n) is 6.90. The van der Waals surface area contributed by atoms with Crippen LogP contribution in [0, 0.1) is 6.07 Å². The van der Waals surface area contributed by atoms with Gasteiger partial charge >= 0.3 is 6.04 Å². The maximum Gasteiger partial charge on any atom is 0.358 e. The molecule has 0 aliphatic heterocycles. The first-order chi connectivity index (χ1) is 9.83. The molecule has 0 aliphatic rings. The largest absolute Gasteiger partial charge is 0.358 e. The Bertz CT molecular complexity index is 608. The summed E-state index contributed by atoms with van der Waals surface area (Å²) in [5.41, 5.74) is 1.59. The molecule has 2 heteroatoms. The Morgan fingerprint density at radius 1 is 1.05 bits per heavy atom. The van der Waals surface area contributed by atoms with Crippen molar-refractivity contribution < 1.29 is 4.79 Å². The number of carbonyl (C=O) groups excluding carboxylic acids is 1. The summed E-state index contributed by atoms with van der Waals surface area (Å²) in [4.78, 5) is 17.0. The highest BCUT2D eigenvalue weighted by Gasteiger charge is 2.30. The third kappa shape index (κ3) is 3.55. The van der Waals surface area contributed by atoms with Gasteiger partial charge in [0.15, 0.2) is 0 Å². The smallest absolute Gasteiger partial charge is 0.285 e. The van der Waals surface area contributed by atoms with Gasteiger partial charge in [-0.15, -0.1) is 0 Å². The van der Waals surface area contributed by atoms with Crippen molar-refractivity contribution in [2.75, 3.05) is 0 Å². The second-order valence-corrected chi connectivity index (χ2v) is 4.58. The summed E-state index contributed by atoms with van der Waals surface area (Å²) >= 11 is 0. The van der Waals surface area contributed by atoms with Crippen LogP contribution in [0.4, 0.5) is 0 Å². The SMILES string of the molecule is CCCC#[N+]C(C(=O)c1ccccc1)c1ccccc1. The summed E-state index contributed by atoms with van der Waals surface area (Å²) in [7, 11) is 0. The zero-order valence-corrected chi connectivity index (χ0v) is 11.6. The average Bonchev–Trinajstić information content (AvgIpc) is 2.53. The zero-order chi connectivity index (χ0) is 14.2. The van der Waals surface area contributed by atoms with Crippen LogP contribution >= 0.6 is 0 Å². The number of hydrogen-bond acceptors (Lipinski definition) is 1. The van der Waals surface area contributed by atoms with E-state index in [9.17, 15) is 4.79 Å². The molecule has 0 radical (unpaired) electrons. The molecule has 0 heterocycles. The normalized spacial score (nSPS) is 11.2. The van der Waals surface area contributed by atoms with Crippen LogP contribution in [0.3, 0.4) is 0 Å². The Balaban J connectivity index is 2.33. The van der Waals surface area contributed by atoms with Gasteiger partial charge in [0.05, 0.1) is 6.42 Å². The Labute approximate surface area is 119 Å². The van der Waals surface area contributed by atoms with E-state index in [1.54, 1.807) is 0 Å². The summed E-state index contributed by atoms with van der Waals surface area (Å²) in [6.45, 7) is 2.07.